The van der Waals surface area contributed by atoms with Crippen molar-refractivity contribution in [3.05, 3.63) is 35.6 Å². The van der Waals surface area contributed by atoms with Crippen molar-refractivity contribution in [2.24, 2.45) is 0 Å². The summed E-state index contributed by atoms with van der Waals surface area (Å²) in [5, 5.41) is 1.76. The Morgan fingerprint density at radius 1 is 1.12 bits per heavy atom. The normalized spacial score (nSPS) is 33.0. The predicted molar refractivity (Wildman–Crippen MR) is 76.8 cm³/mol. The van der Waals surface area contributed by atoms with Gasteiger partial charge in [0.05, 0.1) is 0 Å². The predicted octanol–water partition coefficient (Wildman–Crippen LogP) is 3.57. The van der Waals surface area contributed by atoms with E-state index in [1.165, 1.54) is 43.8 Å². The topological polar surface area (TPSA) is 0 Å². The van der Waals surface area contributed by atoms with Gasteiger partial charge >= 0.3 is 0 Å². The van der Waals surface area contributed by atoms with Crippen molar-refractivity contribution < 1.29 is 0 Å². The van der Waals surface area contributed by atoms with Crippen LogP contribution in [-0.2, 0) is 0 Å². The van der Waals surface area contributed by atoms with E-state index in [9.17, 15) is 0 Å². The highest BCUT2D eigenvalue weighted by atomic mass is 28.2. The molecule has 2 heteroatoms. The summed E-state index contributed by atoms with van der Waals surface area (Å²) in [6.45, 7) is 0. The number of rotatable bonds is 1. The fourth-order valence-electron chi connectivity index (χ4n) is 2.22. The van der Waals surface area contributed by atoms with Crippen LogP contribution >= 0.6 is 0 Å². The Morgan fingerprint density at radius 2 is 2.12 bits per heavy atom. The van der Waals surface area contributed by atoms with E-state index in [-0.39, 0.29) is 8.41 Å². The number of allylic oxidation sites excluding steroid dienone is 6. The van der Waals surface area contributed by atoms with E-state index >= 15 is 0 Å². The highest BCUT2D eigenvalue weighted by molar-refractivity contribution is 6.74. The minimum atomic E-state index is -0.341. The van der Waals surface area contributed by atoms with Gasteiger partial charge in [-0.1, -0.05) is 47.3 Å². The Labute approximate surface area is 103 Å². The third-order valence-electron chi connectivity index (χ3n) is 3.18. The quantitative estimate of drug-likeness (QED) is 0.619. The van der Waals surface area contributed by atoms with Crippen LogP contribution in [0.2, 0.25) is 18.1 Å². The standard InChI is InChI=1S/C14H20Si2/c1-2-4-8-14(9-5-3-1)16-12-7-6-10-15-11-13-16/h2,4,6-8,12H,1,3,5,9-11,13H2/b4-2-,7-6-,14-8+,16-12+. The van der Waals surface area contributed by atoms with Gasteiger partial charge in [0, 0.05) is 17.9 Å². The summed E-state index contributed by atoms with van der Waals surface area (Å²) < 4.78 is 0. The average molecular weight is 244 g/mol. The zero-order chi connectivity index (χ0) is 11.1. The summed E-state index contributed by atoms with van der Waals surface area (Å²) in [7, 11) is 0.819. The van der Waals surface area contributed by atoms with Crippen LogP contribution in [0, 0.1) is 0 Å². The summed E-state index contributed by atoms with van der Waals surface area (Å²) in [5.74, 6) is 0. The van der Waals surface area contributed by atoms with Gasteiger partial charge in [0.25, 0.3) is 0 Å². The van der Waals surface area contributed by atoms with Gasteiger partial charge in [0.1, 0.15) is 0 Å². The Bertz CT molecular complexity index is 301. The van der Waals surface area contributed by atoms with E-state index in [1.807, 2.05) is 0 Å². The lowest BCUT2D eigenvalue weighted by atomic mass is 10.1. The first-order valence-corrected chi connectivity index (χ1v) is 9.59. The molecular formula is C14H20Si2. The SMILES string of the molecule is C1=C/CCCCC(/[Si]2=C/C=C\C[Si]CC2)=C\1. The minimum absolute atomic E-state index is 0.341. The highest BCUT2D eigenvalue weighted by Crippen LogP contribution is 2.16. The van der Waals surface area contributed by atoms with Crippen LogP contribution in [-0.4, -0.2) is 23.6 Å². The molecule has 2 radical (unpaired) electrons. The summed E-state index contributed by atoms with van der Waals surface area (Å²) >= 11 is 0. The Kier molecular flexibility index (Phi) is 5.22. The molecule has 0 unspecified atom stereocenters. The summed E-state index contributed by atoms with van der Waals surface area (Å²) in [6.07, 6.45) is 17.1. The average Bonchev–Trinajstić information content (AvgIpc) is 2.18. The fourth-order valence-corrected chi connectivity index (χ4v) is 6.39. The number of hydrogen-bond donors (Lipinski definition) is 0. The van der Waals surface area contributed by atoms with Gasteiger partial charge in [-0.3, -0.25) is 0 Å². The molecule has 0 saturated carbocycles. The molecule has 0 N–H and O–H groups in total. The van der Waals surface area contributed by atoms with Gasteiger partial charge in [-0.25, -0.2) is 0 Å². The molecule has 0 aromatic heterocycles. The first-order valence-electron chi connectivity index (χ1n) is 6.39. The van der Waals surface area contributed by atoms with Gasteiger partial charge in [-0.15, -0.1) is 0 Å². The molecule has 0 aromatic rings. The molecule has 2 aliphatic rings. The van der Waals surface area contributed by atoms with E-state index in [1.54, 1.807) is 5.20 Å². The maximum absolute atomic E-state index is 2.52. The molecule has 1 heterocycles. The lowest BCUT2D eigenvalue weighted by Gasteiger charge is -2.13. The van der Waals surface area contributed by atoms with Crippen molar-refractivity contribution in [1.82, 2.24) is 0 Å². The van der Waals surface area contributed by atoms with E-state index in [2.05, 4.69) is 36.1 Å². The van der Waals surface area contributed by atoms with Crippen LogP contribution in [0.15, 0.2) is 35.6 Å². The van der Waals surface area contributed by atoms with Gasteiger partial charge in [0.2, 0.25) is 0 Å². The van der Waals surface area contributed by atoms with Gasteiger partial charge in [0.15, 0.2) is 0 Å². The van der Waals surface area contributed by atoms with Crippen LogP contribution in [0.5, 0.6) is 0 Å². The molecule has 0 nitrogen and oxygen atoms in total. The van der Waals surface area contributed by atoms with E-state index < -0.39 is 0 Å². The molecule has 0 spiro atoms. The van der Waals surface area contributed by atoms with E-state index in [4.69, 9.17) is 0 Å². The Morgan fingerprint density at radius 3 is 3.12 bits per heavy atom. The summed E-state index contributed by atoms with van der Waals surface area (Å²) in [6, 6.07) is 4.23. The van der Waals surface area contributed by atoms with E-state index in [0.29, 0.717) is 0 Å². The third kappa shape index (κ3) is 3.83. The largest absolute Gasteiger partial charge is 0.0880 e. The molecule has 0 atom stereocenters. The van der Waals surface area contributed by atoms with Crippen molar-refractivity contribution in [2.75, 3.05) is 0 Å². The second-order valence-corrected chi connectivity index (χ2v) is 8.37. The van der Waals surface area contributed by atoms with Crippen molar-refractivity contribution in [3.63, 3.8) is 0 Å². The highest BCUT2D eigenvalue weighted by Gasteiger charge is 2.07. The van der Waals surface area contributed by atoms with Crippen molar-refractivity contribution in [1.29, 1.82) is 0 Å². The third-order valence-corrected chi connectivity index (χ3v) is 7.43. The van der Waals surface area contributed by atoms with Crippen molar-refractivity contribution in [3.8, 4) is 0 Å². The van der Waals surface area contributed by atoms with E-state index in [0.717, 1.165) is 9.52 Å². The lowest BCUT2D eigenvalue weighted by Crippen LogP contribution is -2.12. The smallest absolute Gasteiger partial charge is 0.0420 e. The van der Waals surface area contributed by atoms with Crippen LogP contribution in [0.1, 0.15) is 25.7 Å². The van der Waals surface area contributed by atoms with Crippen molar-refractivity contribution in [2.45, 2.75) is 43.8 Å². The summed E-state index contributed by atoms with van der Waals surface area (Å²) in [5.41, 5.74) is 2.52. The zero-order valence-electron chi connectivity index (χ0n) is 9.91. The second-order valence-electron chi connectivity index (χ2n) is 4.44. The Hall–Kier alpha value is -0.476. The van der Waals surface area contributed by atoms with Gasteiger partial charge < -0.3 is 0 Å². The maximum Gasteiger partial charge on any atom is 0.0420 e. The second kappa shape index (κ2) is 6.97. The molecule has 1 aliphatic carbocycles. The molecule has 0 fully saturated rings. The molecule has 16 heavy (non-hydrogen) atoms. The van der Waals surface area contributed by atoms with Crippen molar-refractivity contribution >= 4 is 23.6 Å². The summed E-state index contributed by atoms with van der Waals surface area (Å²) in [4.78, 5) is 0. The Balaban J connectivity index is 2.13. The van der Waals surface area contributed by atoms with Crippen LogP contribution in [0.25, 0.3) is 0 Å². The molecule has 0 bridgehead atoms. The lowest BCUT2D eigenvalue weighted by molar-refractivity contribution is 0.751. The molecule has 0 saturated heterocycles. The van der Waals surface area contributed by atoms with Crippen LogP contribution < -0.4 is 0 Å². The molecule has 84 valence electrons. The molecular weight excluding hydrogens is 224 g/mol. The molecule has 0 amide bonds. The monoisotopic (exact) mass is 244 g/mol. The van der Waals surface area contributed by atoms with Gasteiger partial charge in [-0.05, 0) is 37.8 Å². The first-order chi connectivity index (χ1) is 7.97. The maximum atomic E-state index is 2.52. The fraction of sp³-hybridized carbons (Fsp3) is 0.500. The van der Waals surface area contributed by atoms with Crippen LogP contribution in [0.3, 0.4) is 0 Å². The first kappa shape index (κ1) is 12.0. The molecule has 2 rings (SSSR count). The molecule has 1 aliphatic heterocycles. The minimum Gasteiger partial charge on any atom is -0.0880 e. The van der Waals surface area contributed by atoms with Crippen LogP contribution in [0.4, 0.5) is 0 Å². The molecule has 0 aromatic carbocycles. The number of hydrogen-bond acceptors (Lipinski definition) is 0. The van der Waals surface area contributed by atoms with Gasteiger partial charge in [-0.2, -0.15) is 0 Å². The zero-order valence-corrected chi connectivity index (χ0v) is 11.9.